The summed E-state index contributed by atoms with van der Waals surface area (Å²) in [6.45, 7) is 6.89. The van der Waals surface area contributed by atoms with Gasteiger partial charge < -0.3 is 15.5 Å². The first-order valence-corrected chi connectivity index (χ1v) is 5.16. The van der Waals surface area contributed by atoms with E-state index in [4.69, 9.17) is 12.2 Å². The molecule has 0 spiro atoms. The van der Waals surface area contributed by atoms with E-state index in [1.807, 2.05) is 20.8 Å². The molecule has 0 saturated heterocycles. The average molecular weight is 217 g/mol. The van der Waals surface area contributed by atoms with Crippen LogP contribution in [0.15, 0.2) is 0 Å². The quantitative estimate of drug-likeness (QED) is 0.666. The van der Waals surface area contributed by atoms with E-state index in [1.54, 1.807) is 11.9 Å². The number of carbonyl (C=O) groups is 1. The van der Waals surface area contributed by atoms with Crippen molar-refractivity contribution < 1.29 is 4.79 Å². The van der Waals surface area contributed by atoms with Crippen LogP contribution in [0.2, 0.25) is 0 Å². The van der Waals surface area contributed by atoms with Gasteiger partial charge in [0.25, 0.3) is 0 Å². The van der Waals surface area contributed by atoms with Crippen LogP contribution in [-0.4, -0.2) is 42.1 Å². The van der Waals surface area contributed by atoms with Gasteiger partial charge in [-0.1, -0.05) is 0 Å². The first-order chi connectivity index (χ1) is 6.47. The Labute approximate surface area is 91.0 Å². The third kappa shape index (κ3) is 5.75. The SMILES string of the molecule is CCN(C)C(=O)CNC(=S)NC(C)C. The zero-order valence-electron chi connectivity index (χ0n) is 9.26. The van der Waals surface area contributed by atoms with Gasteiger partial charge in [-0.25, -0.2) is 0 Å². The van der Waals surface area contributed by atoms with Crippen LogP contribution >= 0.6 is 12.2 Å². The van der Waals surface area contributed by atoms with Crippen molar-refractivity contribution in [3.63, 3.8) is 0 Å². The lowest BCUT2D eigenvalue weighted by molar-refractivity contribution is -0.128. The molecule has 0 aliphatic carbocycles. The molecule has 1 amide bonds. The van der Waals surface area contributed by atoms with Gasteiger partial charge in [0, 0.05) is 19.6 Å². The molecule has 14 heavy (non-hydrogen) atoms. The summed E-state index contributed by atoms with van der Waals surface area (Å²) in [5.41, 5.74) is 0. The Balaban J connectivity index is 3.72. The number of nitrogens with zero attached hydrogens (tertiary/aromatic N) is 1. The van der Waals surface area contributed by atoms with Crippen molar-refractivity contribution in [2.75, 3.05) is 20.1 Å². The summed E-state index contributed by atoms with van der Waals surface area (Å²) >= 11 is 4.98. The third-order valence-electron chi connectivity index (χ3n) is 1.72. The number of hydrogen-bond donors (Lipinski definition) is 2. The van der Waals surface area contributed by atoms with Crippen molar-refractivity contribution in [2.45, 2.75) is 26.8 Å². The normalized spacial score (nSPS) is 9.79. The van der Waals surface area contributed by atoms with E-state index in [0.717, 1.165) is 0 Å². The molecule has 0 aromatic heterocycles. The number of amides is 1. The summed E-state index contributed by atoms with van der Waals surface area (Å²) in [5.74, 6) is 0.0420. The Morgan fingerprint density at radius 2 is 2.07 bits per heavy atom. The second-order valence-corrected chi connectivity index (χ2v) is 3.80. The fourth-order valence-corrected chi connectivity index (χ4v) is 1.09. The van der Waals surface area contributed by atoms with Crippen LogP contribution in [-0.2, 0) is 4.79 Å². The van der Waals surface area contributed by atoms with Crippen LogP contribution in [0.3, 0.4) is 0 Å². The van der Waals surface area contributed by atoms with E-state index in [2.05, 4.69) is 10.6 Å². The molecule has 0 unspecified atom stereocenters. The number of likely N-dealkylation sites (N-methyl/N-ethyl adjacent to an activating group) is 1. The van der Waals surface area contributed by atoms with Gasteiger partial charge in [0.05, 0.1) is 6.54 Å². The Morgan fingerprint density at radius 3 is 2.50 bits per heavy atom. The number of hydrogen-bond acceptors (Lipinski definition) is 2. The molecule has 0 aliphatic rings. The molecular formula is C9H19N3OS. The first kappa shape index (κ1) is 13.2. The molecule has 0 aromatic carbocycles. The zero-order valence-corrected chi connectivity index (χ0v) is 10.1. The maximum absolute atomic E-state index is 11.3. The van der Waals surface area contributed by atoms with Crippen LogP contribution in [0.5, 0.6) is 0 Å². The second kappa shape index (κ2) is 6.59. The molecule has 4 nitrogen and oxygen atoms in total. The van der Waals surface area contributed by atoms with Crippen molar-refractivity contribution in [2.24, 2.45) is 0 Å². The van der Waals surface area contributed by atoms with Crippen molar-refractivity contribution in [3.8, 4) is 0 Å². The van der Waals surface area contributed by atoms with Gasteiger partial charge in [-0.2, -0.15) is 0 Å². The minimum Gasteiger partial charge on any atom is -0.361 e. The fraction of sp³-hybridized carbons (Fsp3) is 0.778. The Morgan fingerprint density at radius 1 is 1.50 bits per heavy atom. The summed E-state index contributed by atoms with van der Waals surface area (Å²) in [4.78, 5) is 13.0. The lowest BCUT2D eigenvalue weighted by Crippen LogP contribution is -2.44. The second-order valence-electron chi connectivity index (χ2n) is 3.39. The number of carbonyl (C=O) groups excluding carboxylic acids is 1. The van der Waals surface area contributed by atoms with Crippen molar-refractivity contribution in [3.05, 3.63) is 0 Å². The topological polar surface area (TPSA) is 44.4 Å². The maximum Gasteiger partial charge on any atom is 0.241 e. The number of rotatable bonds is 4. The molecule has 82 valence electrons. The predicted octanol–water partition coefficient (Wildman–Crippen LogP) is 0.337. The molecule has 0 heterocycles. The van der Waals surface area contributed by atoms with Crippen LogP contribution < -0.4 is 10.6 Å². The molecule has 0 rings (SSSR count). The molecule has 0 saturated carbocycles. The highest BCUT2D eigenvalue weighted by Crippen LogP contribution is 1.82. The van der Waals surface area contributed by atoms with Gasteiger partial charge in [-0.3, -0.25) is 4.79 Å². The van der Waals surface area contributed by atoms with E-state index in [-0.39, 0.29) is 18.5 Å². The maximum atomic E-state index is 11.3. The zero-order chi connectivity index (χ0) is 11.1. The van der Waals surface area contributed by atoms with Crippen molar-refractivity contribution in [1.82, 2.24) is 15.5 Å². The minimum absolute atomic E-state index is 0.0420. The smallest absolute Gasteiger partial charge is 0.241 e. The molecule has 0 fully saturated rings. The van der Waals surface area contributed by atoms with Crippen molar-refractivity contribution >= 4 is 23.2 Å². The molecular weight excluding hydrogens is 198 g/mol. The summed E-state index contributed by atoms with van der Waals surface area (Å²) in [6, 6.07) is 0.286. The summed E-state index contributed by atoms with van der Waals surface area (Å²) < 4.78 is 0. The number of thiocarbonyl (C=S) groups is 1. The fourth-order valence-electron chi connectivity index (χ4n) is 0.780. The van der Waals surface area contributed by atoms with Crippen LogP contribution in [0, 0.1) is 0 Å². The summed E-state index contributed by atoms with van der Waals surface area (Å²) in [7, 11) is 1.77. The van der Waals surface area contributed by atoms with Gasteiger partial charge in [0.2, 0.25) is 5.91 Å². The highest BCUT2D eigenvalue weighted by Gasteiger charge is 2.06. The number of nitrogens with one attached hydrogen (secondary N) is 2. The molecule has 0 radical (unpaired) electrons. The standard InChI is InChI=1S/C9H19N3OS/c1-5-12(4)8(13)6-10-9(14)11-7(2)3/h7H,5-6H2,1-4H3,(H2,10,11,14). The van der Waals surface area contributed by atoms with Crippen LogP contribution in [0.1, 0.15) is 20.8 Å². The summed E-state index contributed by atoms with van der Waals surface area (Å²) in [5, 5.41) is 6.39. The largest absolute Gasteiger partial charge is 0.361 e. The molecule has 0 aromatic rings. The molecule has 2 N–H and O–H groups in total. The van der Waals surface area contributed by atoms with E-state index in [1.165, 1.54) is 0 Å². The van der Waals surface area contributed by atoms with Gasteiger partial charge >= 0.3 is 0 Å². The Bertz CT molecular complexity index is 206. The Kier molecular flexibility index (Phi) is 6.19. The minimum atomic E-state index is 0.0420. The summed E-state index contributed by atoms with van der Waals surface area (Å²) in [6.07, 6.45) is 0. The monoisotopic (exact) mass is 217 g/mol. The van der Waals surface area contributed by atoms with Crippen molar-refractivity contribution in [1.29, 1.82) is 0 Å². The van der Waals surface area contributed by atoms with Crippen LogP contribution in [0.4, 0.5) is 0 Å². The van der Waals surface area contributed by atoms with Gasteiger partial charge in [0.1, 0.15) is 0 Å². The Hall–Kier alpha value is -0.840. The van der Waals surface area contributed by atoms with E-state index < -0.39 is 0 Å². The van der Waals surface area contributed by atoms with Crippen LogP contribution in [0.25, 0.3) is 0 Å². The molecule has 5 heteroatoms. The van der Waals surface area contributed by atoms with E-state index in [9.17, 15) is 4.79 Å². The van der Waals surface area contributed by atoms with E-state index >= 15 is 0 Å². The van der Waals surface area contributed by atoms with E-state index in [0.29, 0.717) is 11.7 Å². The lowest BCUT2D eigenvalue weighted by atomic mass is 10.4. The highest BCUT2D eigenvalue weighted by molar-refractivity contribution is 7.80. The lowest BCUT2D eigenvalue weighted by Gasteiger charge is -2.17. The molecule has 0 atom stereocenters. The van der Waals surface area contributed by atoms with Gasteiger partial charge in [-0.05, 0) is 33.0 Å². The third-order valence-corrected chi connectivity index (χ3v) is 1.98. The highest BCUT2D eigenvalue weighted by atomic mass is 32.1. The molecule has 0 bridgehead atoms. The predicted molar refractivity (Wildman–Crippen MR) is 62.2 cm³/mol. The first-order valence-electron chi connectivity index (χ1n) is 4.75. The van der Waals surface area contributed by atoms with Gasteiger partial charge in [0.15, 0.2) is 5.11 Å². The van der Waals surface area contributed by atoms with Gasteiger partial charge in [-0.15, -0.1) is 0 Å². The molecule has 0 aliphatic heterocycles. The average Bonchev–Trinajstić information content (AvgIpc) is 2.11.